The van der Waals surface area contributed by atoms with Crippen molar-refractivity contribution >= 4 is 21.9 Å². The molecule has 1 aromatic rings. The van der Waals surface area contributed by atoms with Gasteiger partial charge in [-0.3, -0.25) is 9.78 Å². The Morgan fingerprint density at radius 1 is 1.67 bits per heavy atom. The normalized spacial score (nSPS) is 9.75. The van der Waals surface area contributed by atoms with E-state index in [2.05, 4.69) is 20.9 Å². The molecule has 0 saturated carbocycles. The number of hydrogen-bond donors (Lipinski definition) is 1. The molecule has 1 heterocycles. The van der Waals surface area contributed by atoms with E-state index in [4.69, 9.17) is 5.11 Å². The fraction of sp³-hybridized carbons (Fsp3) is 0.250. The fourth-order valence-electron chi connectivity index (χ4n) is 0.836. The lowest BCUT2D eigenvalue weighted by Gasteiger charge is -1.99. The van der Waals surface area contributed by atoms with Crippen molar-refractivity contribution in [2.75, 3.05) is 0 Å². The Balaban J connectivity index is 2.63. The first-order valence-corrected chi connectivity index (χ1v) is 4.29. The number of aliphatic carboxylic acids is 1. The molecular weight excluding hydrogens is 222 g/mol. The van der Waals surface area contributed by atoms with E-state index < -0.39 is 5.97 Å². The predicted molar refractivity (Wildman–Crippen MR) is 47.9 cm³/mol. The molecule has 0 aliphatic carbocycles. The molecule has 0 bridgehead atoms. The molecule has 0 saturated heterocycles. The molecule has 3 nitrogen and oxygen atoms in total. The number of halogens is 1. The molecule has 1 N–H and O–H groups in total. The predicted octanol–water partition coefficient (Wildman–Crippen LogP) is 1.86. The first-order valence-electron chi connectivity index (χ1n) is 3.50. The SMILES string of the molecule is O=C(O)CCc1cnccc1Br. The average molecular weight is 230 g/mol. The summed E-state index contributed by atoms with van der Waals surface area (Å²) in [6, 6.07) is 1.80. The molecule has 0 unspecified atom stereocenters. The quantitative estimate of drug-likeness (QED) is 0.862. The molecule has 0 amide bonds. The zero-order valence-electron chi connectivity index (χ0n) is 6.33. The van der Waals surface area contributed by atoms with Crippen LogP contribution in [0.3, 0.4) is 0 Å². The van der Waals surface area contributed by atoms with Crippen molar-refractivity contribution < 1.29 is 9.90 Å². The van der Waals surface area contributed by atoms with Gasteiger partial charge in [0.25, 0.3) is 0 Å². The molecule has 1 aromatic heterocycles. The number of pyridine rings is 1. The zero-order chi connectivity index (χ0) is 8.97. The third-order valence-corrected chi connectivity index (χ3v) is 2.23. The van der Waals surface area contributed by atoms with Gasteiger partial charge < -0.3 is 5.11 Å². The van der Waals surface area contributed by atoms with E-state index in [1.54, 1.807) is 18.5 Å². The molecule has 64 valence electrons. The molecule has 0 aromatic carbocycles. The first-order chi connectivity index (χ1) is 5.70. The number of nitrogens with zero attached hydrogens (tertiary/aromatic N) is 1. The highest BCUT2D eigenvalue weighted by atomic mass is 79.9. The van der Waals surface area contributed by atoms with Gasteiger partial charge in [-0.05, 0) is 18.1 Å². The molecule has 0 radical (unpaired) electrons. The van der Waals surface area contributed by atoms with Crippen molar-refractivity contribution in [3.05, 3.63) is 28.5 Å². The van der Waals surface area contributed by atoms with Crippen LogP contribution in [0.25, 0.3) is 0 Å². The lowest BCUT2D eigenvalue weighted by molar-refractivity contribution is -0.136. The summed E-state index contributed by atoms with van der Waals surface area (Å²) in [7, 11) is 0. The van der Waals surface area contributed by atoms with Crippen LogP contribution in [0.2, 0.25) is 0 Å². The van der Waals surface area contributed by atoms with Crippen LogP contribution in [0, 0.1) is 0 Å². The summed E-state index contributed by atoms with van der Waals surface area (Å²) in [5.41, 5.74) is 0.930. The third kappa shape index (κ3) is 2.62. The largest absolute Gasteiger partial charge is 0.481 e. The second-order valence-corrected chi connectivity index (χ2v) is 3.22. The summed E-state index contributed by atoms with van der Waals surface area (Å²) in [6.45, 7) is 0. The molecule has 12 heavy (non-hydrogen) atoms. The van der Waals surface area contributed by atoms with E-state index in [0.29, 0.717) is 6.42 Å². The van der Waals surface area contributed by atoms with Gasteiger partial charge in [0.05, 0.1) is 0 Å². The van der Waals surface area contributed by atoms with Crippen LogP contribution in [0.15, 0.2) is 22.9 Å². The monoisotopic (exact) mass is 229 g/mol. The summed E-state index contributed by atoms with van der Waals surface area (Å²) < 4.78 is 0.916. The maximum Gasteiger partial charge on any atom is 0.303 e. The van der Waals surface area contributed by atoms with Crippen LogP contribution in [0.1, 0.15) is 12.0 Å². The summed E-state index contributed by atoms with van der Waals surface area (Å²) in [6.07, 6.45) is 4.00. The number of hydrogen-bond acceptors (Lipinski definition) is 2. The van der Waals surface area contributed by atoms with Gasteiger partial charge in [0.2, 0.25) is 0 Å². The Bertz CT molecular complexity index is 288. The van der Waals surface area contributed by atoms with Crippen LogP contribution in [0.5, 0.6) is 0 Å². The van der Waals surface area contributed by atoms with Gasteiger partial charge in [-0.25, -0.2) is 0 Å². The summed E-state index contributed by atoms with van der Waals surface area (Å²) in [4.78, 5) is 14.1. The lowest BCUT2D eigenvalue weighted by atomic mass is 10.2. The molecule has 1 rings (SSSR count). The van der Waals surface area contributed by atoms with E-state index in [9.17, 15) is 4.79 Å². The van der Waals surface area contributed by atoms with Crippen LogP contribution < -0.4 is 0 Å². The van der Waals surface area contributed by atoms with E-state index >= 15 is 0 Å². The highest BCUT2D eigenvalue weighted by molar-refractivity contribution is 9.10. The Labute approximate surface area is 78.6 Å². The van der Waals surface area contributed by atoms with E-state index in [1.807, 2.05) is 0 Å². The van der Waals surface area contributed by atoms with Gasteiger partial charge in [-0.2, -0.15) is 0 Å². The standard InChI is InChI=1S/C8H8BrNO2/c9-7-3-4-10-5-6(7)1-2-8(11)12/h3-5H,1-2H2,(H,11,12). The summed E-state index contributed by atoms with van der Waals surface area (Å²) in [5, 5.41) is 8.43. The van der Waals surface area contributed by atoms with E-state index in [0.717, 1.165) is 10.0 Å². The van der Waals surface area contributed by atoms with Gasteiger partial charge in [0.15, 0.2) is 0 Å². The smallest absolute Gasteiger partial charge is 0.303 e. The molecule has 0 spiro atoms. The number of carboxylic acid groups (broad SMARTS) is 1. The topological polar surface area (TPSA) is 50.2 Å². The second-order valence-electron chi connectivity index (χ2n) is 2.36. The number of aromatic nitrogens is 1. The van der Waals surface area contributed by atoms with Crippen LogP contribution in [-0.2, 0) is 11.2 Å². The van der Waals surface area contributed by atoms with Gasteiger partial charge in [-0.15, -0.1) is 0 Å². The third-order valence-electron chi connectivity index (χ3n) is 1.45. The molecule has 0 aliphatic rings. The highest BCUT2D eigenvalue weighted by Gasteiger charge is 2.02. The Kier molecular flexibility index (Phi) is 3.22. The number of carbonyl (C=O) groups is 1. The fourth-order valence-corrected chi connectivity index (χ4v) is 1.25. The van der Waals surface area contributed by atoms with E-state index in [-0.39, 0.29) is 6.42 Å². The van der Waals surface area contributed by atoms with Crippen molar-refractivity contribution in [2.45, 2.75) is 12.8 Å². The van der Waals surface area contributed by atoms with Crippen LogP contribution in [0.4, 0.5) is 0 Å². The average Bonchev–Trinajstić information content (AvgIpc) is 2.03. The Morgan fingerprint density at radius 3 is 3.00 bits per heavy atom. The van der Waals surface area contributed by atoms with Gasteiger partial charge in [-0.1, -0.05) is 15.9 Å². The lowest BCUT2D eigenvalue weighted by Crippen LogP contribution is -1.98. The van der Waals surface area contributed by atoms with Gasteiger partial charge >= 0.3 is 5.97 Å². The molecular formula is C8H8BrNO2. The second kappa shape index (κ2) is 4.21. The Morgan fingerprint density at radius 2 is 2.42 bits per heavy atom. The minimum absolute atomic E-state index is 0.143. The van der Waals surface area contributed by atoms with Crippen molar-refractivity contribution in [3.8, 4) is 0 Å². The molecule has 0 fully saturated rings. The Hall–Kier alpha value is -0.900. The van der Waals surface area contributed by atoms with Crippen molar-refractivity contribution in [3.63, 3.8) is 0 Å². The maximum absolute atomic E-state index is 10.2. The minimum atomic E-state index is -0.786. The number of rotatable bonds is 3. The minimum Gasteiger partial charge on any atom is -0.481 e. The van der Waals surface area contributed by atoms with Crippen molar-refractivity contribution in [1.82, 2.24) is 4.98 Å². The molecule has 0 atom stereocenters. The van der Waals surface area contributed by atoms with Crippen LogP contribution >= 0.6 is 15.9 Å². The summed E-state index contributed by atoms with van der Waals surface area (Å²) >= 11 is 3.31. The number of aryl methyl sites for hydroxylation is 1. The number of carboxylic acids is 1. The molecule has 0 aliphatic heterocycles. The highest BCUT2D eigenvalue weighted by Crippen LogP contribution is 2.15. The van der Waals surface area contributed by atoms with Crippen molar-refractivity contribution in [1.29, 1.82) is 0 Å². The maximum atomic E-state index is 10.2. The van der Waals surface area contributed by atoms with E-state index in [1.165, 1.54) is 0 Å². The first kappa shape index (κ1) is 9.19. The summed E-state index contributed by atoms with van der Waals surface area (Å²) in [5.74, 6) is -0.786. The van der Waals surface area contributed by atoms with Gasteiger partial charge in [0.1, 0.15) is 0 Å². The molecule has 4 heteroatoms. The van der Waals surface area contributed by atoms with Crippen molar-refractivity contribution in [2.24, 2.45) is 0 Å². The van der Waals surface area contributed by atoms with Crippen LogP contribution in [-0.4, -0.2) is 16.1 Å². The van der Waals surface area contributed by atoms with Gasteiger partial charge in [0, 0.05) is 23.3 Å². The zero-order valence-corrected chi connectivity index (χ0v) is 7.91.